The van der Waals surface area contributed by atoms with Gasteiger partial charge in [-0.2, -0.15) is 5.26 Å². The second-order valence-corrected chi connectivity index (χ2v) is 5.97. The van der Waals surface area contributed by atoms with Gasteiger partial charge in [-0.3, -0.25) is 4.79 Å². The molecule has 0 amide bonds. The van der Waals surface area contributed by atoms with E-state index >= 15 is 0 Å². The zero-order valence-electron chi connectivity index (χ0n) is 14.5. The predicted molar refractivity (Wildman–Crippen MR) is 101 cm³/mol. The Morgan fingerprint density at radius 3 is 2.73 bits per heavy atom. The minimum absolute atomic E-state index is 0.431. The van der Waals surface area contributed by atoms with E-state index in [1.165, 1.54) is 0 Å². The summed E-state index contributed by atoms with van der Waals surface area (Å²) in [6.45, 7) is 0.579. The van der Waals surface area contributed by atoms with Crippen molar-refractivity contribution in [3.63, 3.8) is 0 Å². The number of rotatable bonds is 7. The third-order valence-corrected chi connectivity index (χ3v) is 4.18. The quantitative estimate of drug-likeness (QED) is 0.612. The van der Waals surface area contributed by atoms with Gasteiger partial charge in [0.2, 0.25) is 5.88 Å². The third kappa shape index (κ3) is 3.98. The number of hydrogen-bond acceptors (Lipinski definition) is 5. The lowest BCUT2D eigenvalue weighted by Gasteiger charge is -2.22. The van der Waals surface area contributed by atoms with Gasteiger partial charge in [0.1, 0.15) is 6.07 Å². The van der Waals surface area contributed by atoms with Crippen molar-refractivity contribution in [2.75, 3.05) is 18.5 Å². The van der Waals surface area contributed by atoms with Crippen molar-refractivity contribution >= 4 is 22.9 Å². The lowest BCUT2D eigenvalue weighted by molar-refractivity contribution is -0.113. The molecule has 0 aliphatic heterocycles. The normalized spacial score (nSPS) is 11.5. The monoisotopic (exact) mass is 345 g/mol. The summed E-state index contributed by atoms with van der Waals surface area (Å²) in [7, 11) is 1.90. The van der Waals surface area contributed by atoms with Gasteiger partial charge < -0.3 is 9.64 Å². The van der Waals surface area contributed by atoms with Gasteiger partial charge in [0, 0.05) is 31.5 Å². The average Bonchev–Trinajstić information content (AvgIpc) is 2.70. The Labute approximate surface area is 152 Å². The van der Waals surface area contributed by atoms with Crippen LogP contribution in [0.5, 0.6) is 5.88 Å². The number of benzene rings is 2. The van der Waals surface area contributed by atoms with Crippen LogP contribution in [0.1, 0.15) is 12.0 Å². The molecule has 1 aromatic heterocycles. The average molecular weight is 345 g/mol. The molecule has 0 saturated carbocycles. The third-order valence-electron chi connectivity index (χ3n) is 4.18. The number of pyridine rings is 1. The highest BCUT2D eigenvalue weighted by Gasteiger charge is 2.13. The first kappa shape index (κ1) is 17.4. The molecule has 0 radical (unpaired) electrons. The van der Waals surface area contributed by atoms with Crippen LogP contribution in [0, 0.1) is 11.3 Å². The fourth-order valence-electron chi connectivity index (χ4n) is 2.77. The zero-order chi connectivity index (χ0) is 18.4. The zero-order valence-corrected chi connectivity index (χ0v) is 14.5. The first-order chi connectivity index (χ1) is 12.7. The van der Waals surface area contributed by atoms with Crippen molar-refractivity contribution in [2.45, 2.75) is 12.5 Å². The Balaban J connectivity index is 1.65. The second kappa shape index (κ2) is 8.13. The number of nitriles is 1. The molecular formula is C21H19N3O2. The number of anilines is 1. The summed E-state index contributed by atoms with van der Waals surface area (Å²) in [5, 5.41) is 10.2. The first-order valence-corrected chi connectivity index (χ1v) is 8.39. The first-order valence-electron chi connectivity index (χ1n) is 8.39. The minimum Gasteiger partial charge on any atom is -0.467 e. The van der Waals surface area contributed by atoms with Crippen LogP contribution < -0.4 is 9.64 Å². The smallest absolute Gasteiger partial charge is 0.214 e. The molecule has 5 nitrogen and oxygen atoms in total. The van der Waals surface area contributed by atoms with E-state index in [-0.39, 0.29) is 0 Å². The van der Waals surface area contributed by atoms with E-state index in [0.717, 1.165) is 22.9 Å². The Bertz CT molecular complexity index is 949. The van der Waals surface area contributed by atoms with Gasteiger partial charge in [-0.15, -0.1) is 0 Å². The van der Waals surface area contributed by atoms with E-state index in [4.69, 9.17) is 4.74 Å². The fourth-order valence-corrected chi connectivity index (χ4v) is 2.77. The number of ether oxygens (including phenoxy) is 1. The number of para-hydroxylation sites is 2. The maximum atomic E-state index is 11.4. The number of carbonyl (C=O) groups excluding carboxylic acids is 1. The fraction of sp³-hybridized carbons (Fsp3) is 0.190. The van der Waals surface area contributed by atoms with E-state index in [1.807, 2.05) is 60.5 Å². The topological polar surface area (TPSA) is 66.2 Å². The summed E-state index contributed by atoms with van der Waals surface area (Å²) in [4.78, 5) is 17.8. The van der Waals surface area contributed by atoms with Gasteiger partial charge in [0.25, 0.3) is 0 Å². The predicted octanol–water partition coefficient (Wildman–Crippen LogP) is 3.58. The number of hydrogen-bond donors (Lipinski definition) is 0. The van der Waals surface area contributed by atoms with E-state index < -0.39 is 6.10 Å². The summed E-state index contributed by atoms with van der Waals surface area (Å²) < 4.78 is 5.74. The molecule has 2 aromatic carbocycles. The second-order valence-electron chi connectivity index (χ2n) is 5.97. The Hall–Kier alpha value is -3.39. The molecule has 0 saturated heterocycles. The van der Waals surface area contributed by atoms with Crippen LogP contribution >= 0.6 is 0 Å². The van der Waals surface area contributed by atoms with E-state index in [0.29, 0.717) is 24.4 Å². The van der Waals surface area contributed by atoms with Crippen LogP contribution in [-0.4, -0.2) is 31.0 Å². The lowest BCUT2D eigenvalue weighted by atomic mass is 10.1. The van der Waals surface area contributed by atoms with Crippen LogP contribution in [0.15, 0.2) is 60.7 Å². The molecular weight excluding hydrogens is 326 g/mol. The molecule has 130 valence electrons. The molecule has 0 N–H and O–H groups in total. The molecule has 5 heteroatoms. The molecule has 0 fully saturated rings. The van der Waals surface area contributed by atoms with Gasteiger partial charge in [0.15, 0.2) is 12.4 Å². The van der Waals surface area contributed by atoms with Crippen molar-refractivity contribution < 1.29 is 9.53 Å². The summed E-state index contributed by atoms with van der Waals surface area (Å²) in [5.41, 5.74) is 2.27. The summed E-state index contributed by atoms with van der Waals surface area (Å²) in [6, 6.07) is 21.0. The molecule has 26 heavy (non-hydrogen) atoms. The number of fused-ring (bicyclic) bond motifs is 1. The van der Waals surface area contributed by atoms with Crippen molar-refractivity contribution in [1.29, 1.82) is 5.26 Å². The number of nitrogens with zero attached hydrogens (tertiary/aromatic N) is 3. The van der Waals surface area contributed by atoms with Crippen LogP contribution in [0.3, 0.4) is 0 Å². The maximum absolute atomic E-state index is 11.4. The molecule has 1 unspecified atom stereocenters. The van der Waals surface area contributed by atoms with Crippen molar-refractivity contribution in [1.82, 2.24) is 4.98 Å². The highest BCUT2D eigenvalue weighted by Crippen LogP contribution is 2.20. The molecule has 3 aromatic rings. The minimum atomic E-state index is -0.597. The number of aromatic nitrogens is 1. The largest absolute Gasteiger partial charge is 0.467 e. The van der Waals surface area contributed by atoms with Crippen LogP contribution in [-0.2, 0) is 4.79 Å². The van der Waals surface area contributed by atoms with E-state index in [2.05, 4.69) is 11.1 Å². The number of aldehydes is 1. The molecule has 0 aliphatic carbocycles. The van der Waals surface area contributed by atoms with Gasteiger partial charge in [-0.1, -0.05) is 30.3 Å². The highest BCUT2D eigenvalue weighted by atomic mass is 16.5. The summed E-state index contributed by atoms with van der Waals surface area (Å²) in [6.07, 6.45) is 0.690. The highest BCUT2D eigenvalue weighted by molar-refractivity contribution is 5.78. The van der Waals surface area contributed by atoms with Crippen molar-refractivity contribution in [2.24, 2.45) is 0 Å². The summed E-state index contributed by atoms with van der Waals surface area (Å²) in [5.74, 6) is 0.431. The van der Waals surface area contributed by atoms with Crippen molar-refractivity contribution in [3.8, 4) is 11.9 Å². The molecule has 1 heterocycles. The maximum Gasteiger partial charge on any atom is 0.214 e. The van der Waals surface area contributed by atoms with Gasteiger partial charge in [0.05, 0.1) is 16.8 Å². The lowest BCUT2D eigenvalue weighted by Crippen LogP contribution is -2.27. The molecule has 3 rings (SSSR count). The standard InChI is InChI=1S/C21H19N3O2/c1-24(20-9-5-3-7-17(20)14-22)13-12-18(15-25)26-21-11-10-16-6-2-4-8-19(16)23-21/h2-11,15,18H,12-13H2,1H3. The molecule has 1 atom stereocenters. The van der Waals surface area contributed by atoms with Gasteiger partial charge in [-0.25, -0.2) is 4.98 Å². The van der Waals surface area contributed by atoms with E-state index in [1.54, 1.807) is 12.1 Å². The Morgan fingerprint density at radius 2 is 1.92 bits per heavy atom. The SMILES string of the molecule is CN(CCC(C=O)Oc1ccc2ccccc2n1)c1ccccc1C#N. The molecule has 0 aliphatic rings. The molecule has 0 spiro atoms. The van der Waals surface area contributed by atoms with Crippen molar-refractivity contribution in [3.05, 3.63) is 66.2 Å². The van der Waals surface area contributed by atoms with Gasteiger partial charge in [-0.05, 0) is 24.3 Å². The molecule has 0 bridgehead atoms. The van der Waals surface area contributed by atoms with E-state index in [9.17, 15) is 10.1 Å². The number of carbonyl (C=O) groups is 1. The summed E-state index contributed by atoms with van der Waals surface area (Å²) >= 11 is 0. The van der Waals surface area contributed by atoms with Crippen LogP contribution in [0.25, 0.3) is 10.9 Å². The van der Waals surface area contributed by atoms with Crippen LogP contribution in [0.2, 0.25) is 0 Å². The Morgan fingerprint density at radius 1 is 1.15 bits per heavy atom. The van der Waals surface area contributed by atoms with Gasteiger partial charge >= 0.3 is 0 Å². The van der Waals surface area contributed by atoms with Crippen LogP contribution in [0.4, 0.5) is 5.69 Å². The Kier molecular flexibility index (Phi) is 5.45.